The van der Waals surface area contributed by atoms with Gasteiger partial charge in [-0.15, -0.1) is 0 Å². The number of hydrogen-bond acceptors (Lipinski definition) is 12. The van der Waals surface area contributed by atoms with E-state index in [0.717, 1.165) is 55.9 Å². The predicted octanol–water partition coefficient (Wildman–Crippen LogP) is 2.49. The van der Waals surface area contributed by atoms with Crippen LogP contribution in [-0.4, -0.2) is 125 Å². The van der Waals surface area contributed by atoms with E-state index in [1.54, 1.807) is 49.4 Å². The summed E-state index contributed by atoms with van der Waals surface area (Å²) in [6.45, 7) is 6.75. The van der Waals surface area contributed by atoms with Crippen LogP contribution in [0, 0.1) is 11.8 Å². The van der Waals surface area contributed by atoms with Crippen molar-refractivity contribution in [2.45, 2.75) is 151 Å². The van der Waals surface area contributed by atoms with E-state index in [0.29, 0.717) is 55.3 Å². The van der Waals surface area contributed by atoms with Gasteiger partial charge in [0.05, 0.1) is 15.9 Å². The number of imide groups is 1. The van der Waals surface area contributed by atoms with E-state index in [4.69, 9.17) is 10.5 Å². The molecule has 6 N–H and O–H groups in total. The summed E-state index contributed by atoms with van der Waals surface area (Å²) in [5.41, 5.74) is 7.45. The molecule has 1 aromatic heterocycles. The molecule has 2 aromatic carbocycles. The lowest BCUT2D eigenvalue weighted by molar-refractivity contribution is -0.144. The third-order valence-electron chi connectivity index (χ3n) is 14.4. The van der Waals surface area contributed by atoms with Crippen molar-refractivity contribution in [2.24, 2.45) is 24.6 Å². The number of primary amides is 1. The van der Waals surface area contributed by atoms with Gasteiger partial charge in [0.15, 0.2) is 9.84 Å². The molecule has 0 bridgehead atoms. The highest BCUT2D eigenvalue weighted by atomic mass is 32.2. The summed E-state index contributed by atoms with van der Waals surface area (Å²) in [5.74, 6) is -2.11. The number of nitrogens with zero attached hydrogens (tertiary/aromatic N) is 4. The summed E-state index contributed by atoms with van der Waals surface area (Å²) < 4.78 is 32.4. The molecule has 71 heavy (non-hydrogen) atoms. The lowest BCUT2D eigenvalue weighted by atomic mass is 9.78. The number of nitrogens with two attached hydrogens (primary N) is 1. The number of ether oxygens (including phenoxy) is 1. The van der Waals surface area contributed by atoms with E-state index >= 15 is 0 Å². The molecule has 7 rings (SSSR count). The maximum absolute atomic E-state index is 14.6. The molecule has 0 radical (unpaired) electrons. The van der Waals surface area contributed by atoms with Crippen LogP contribution in [0.4, 0.5) is 4.79 Å². The van der Waals surface area contributed by atoms with Crippen LogP contribution in [0.3, 0.4) is 0 Å². The van der Waals surface area contributed by atoms with Crippen molar-refractivity contribution < 1.29 is 46.7 Å². The number of aryl methyl sites for hydroxylation is 1. The van der Waals surface area contributed by atoms with Crippen LogP contribution in [0.15, 0.2) is 52.2 Å². The van der Waals surface area contributed by atoms with Gasteiger partial charge in [0.1, 0.15) is 29.8 Å². The number of benzene rings is 2. The van der Waals surface area contributed by atoms with Crippen LogP contribution in [0.25, 0.3) is 11.0 Å². The molecule has 5 atom stereocenters. The van der Waals surface area contributed by atoms with Crippen LogP contribution < -0.4 is 32.7 Å². The number of sulfone groups is 1. The first-order valence-electron chi connectivity index (χ1n) is 24.8. The fourth-order valence-electron chi connectivity index (χ4n) is 10.6. The van der Waals surface area contributed by atoms with Crippen LogP contribution in [0.1, 0.15) is 115 Å². The number of imidazole rings is 1. The number of nitrogens with one attached hydrogen (secondary N) is 4. The van der Waals surface area contributed by atoms with Gasteiger partial charge < -0.3 is 36.2 Å². The molecule has 0 spiro atoms. The SMILES string of the molecule is Cn1c(=O)n(C2CCC(=O)NC2=O)c2ccc(C[C@H]3CC[C@@H](CCN4CC[C@H]5CC[C@@H](C(=O)N[C@@H](CCC(N)=O)C(=O)NCc6ccc(S(C)(=O)=O)cc6)N5C(=O)[C@@H](NC(=O)OC(C)(C)C)C4)CC3)cc21. The zero-order valence-corrected chi connectivity index (χ0v) is 42.2. The second-order valence-corrected chi connectivity index (χ2v) is 22.9. The first-order valence-corrected chi connectivity index (χ1v) is 26.7. The molecule has 1 aliphatic carbocycles. The van der Waals surface area contributed by atoms with E-state index < -0.39 is 75.2 Å². The highest BCUT2D eigenvalue weighted by molar-refractivity contribution is 7.90. The van der Waals surface area contributed by atoms with Gasteiger partial charge in [-0.3, -0.25) is 43.2 Å². The largest absolute Gasteiger partial charge is 0.444 e. The Kier molecular flexibility index (Phi) is 16.4. The van der Waals surface area contributed by atoms with Crippen LogP contribution in [0.5, 0.6) is 0 Å². The van der Waals surface area contributed by atoms with Crippen molar-refractivity contribution in [2.75, 3.05) is 25.9 Å². The number of amides is 7. The van der Waals surface area contributed by atoms with Gasteiger partial charge in [0.25, 0.3) is 0 Å². The molecule has 21 heteroatoms. The summed E-state index contributed by atoms with van der Waals surface area (Å²) in [5, 5.41) is 10.7. The quantitative estimate of drug-likeness (QED) is 0.130. The monoisotopic (exact) mass is 1000 g/mol. The Bertz CT molecular complexity index is 2690. The third kappa shape index (κ3) is 13.3. The van der Waals surface area contributed by atoms with Gasteiger partial charge in [0, 0.05) is 51.8 Å². The summed E-state index contributed by atoms with van der Waals surface area (Å²) in [4.78, 5) is 109. The fraction of sp³-hybridized carbons (Fsp3) is 0.600. The van der Waals surface area contributed by atoms with E-state index in [2.05, 4.69) is 26.2 Å². The number of aromatic nitrogens is 2. The standard InChI is InChI=1S/C50H69N9O11S/c1-50(2,3)70-48(66)54-37-29-57(24-22-30-6-8-31(9-7-30)26-33-12-17-38-41(27-33)56(4)49(67)59(38)40-19-21-43(61)55-46(40)64)25-23-34-13-18-39(58(34)47(37)65)45(63)53-36(16-20-42(51)60)44(62)52-28-32-10-14-35(15-11-32)71(5,68)69/h10-12,14-15,17,27,30-31,34,36-37,39-40H,6-9,13,16,18-26,28-29H2,1-5H3,(H2,51,60)(H,52,62)(H,53,63)(H,54,66)(H,55,61,64)/t30-,31+,34-,36+,37+,39+,40?/m1/s1. The molecule has 7 amide bonds. The second kappa shape index (κ2) is 22.1. The topological polar surface area (TPSA) is 270 Å². The lowest BCUT2D eigenvalue weighted by Crippen LogP contribution is -2.61. The van der Waals surface area contributed by atoms with Gasteiger partial charge in [-0.2, -0.15) is 0 Å². The van der Waals surface area contributed by atoms with Gasteiger partial charge >= 0.3 is 11.8 Å². The zero-order chi connectivity index (χ0) is 51.4. The number of piperidine rings is 1. The van der Waals surface area contributed by atoms with E-state index in [-0.39, 0.29) is 61.3 Å². The van der Waals surface area contributed by atoms with Gasteiger partial charge in [-0.25, -0.2) is 18.0 Å². The van der Waals surface area contributed by atoms with Gasteiger partial charge in [0.2, 0.25) is 35.4 Å². The third-order valence-corrected chi connectivity index (χ3v) is 15.5. The van der Waals surface area contributed by atoms with Crippen molar-refractivity contribution in [1.29, 1.82) is 0 Å². The van der Waals surface area contributed by atoms with Crippen molar-refractivity contribution >= 4 is 62.4 Å². The first kappa shape index (κ1) is 52.7. The van der Waals surface area contributed by atoms with E-state index in [1.807, 2.05) is 18.2 Å². The number of hydrogen-bond donors (Lipinski definition) is 5. The highest BCUT2D eigenvalue weighted by Gasteiger charge is 2.46. The molecular formula is C50H69N9O11S. The Labute approximate surface area is 414 Å². The summed E-state index contributed by atoms with van der Waals surface area (Å²) in [6, 6.07) is 7.79. The second-order valence-electron chi connectivity index (χ2n) is 20.9. The minimum absolute atomic E-state index is 0.0215. The summed E-state index contributed by atoms with van der Waals surface area (Å²) in [6.07, 6.45) is 7.86. The van der Waals surface area contributed by atoms with Crippen LogP contribution in [0.2, 0.25) is 0 Å². The van der Waals surface area contributed by atoms with Crippen molar-refractivity contribution in [3.05, 3.63) is 64.1 Å². The number of fused-ring (bicyclic) bond motifs is 2. The van der Waals surface area contributed by atoms with E-state index in [9.17, 15) is 46.8 Å². The molecule has 20 nitrogen and oxygen atoms in total. The maximum Gasteiger partial charge on any atom is 0.408 e. The Morgan fingerprint density at radius 2 is 1.58 bits per heavy atom. The molecular weight excluding hydrogens is 935 g/mol. The maximum atomic E-state index is 14.6. The Morgan fingerprint density at radius 1 is 0.887 bits per heavy atom. The van der Waals surface area contributed by atoms with Crippen LogP contribution in [-0.2, 0) is 63.4 Å². The molecule has 4 aliphatic rings. The number of carbonyl (C=O) groups excluding carboxylic acids is 7. The lowest BCUT2D eigenvalue weighted by Gasteiger charge is -2.39. The summed E-state index contributed by atoms with van der Waals surface area (Å²) in [7, 11) is -1.71. The average molecular weight is 1000 g/mol. The molecule has 4 fully saturated rings. The Balaban J connectivity index is 0.962. The molecule has 3 aliphatic heterocycles. The molecule has 3 aromatic rings. The minimum Gasteiger partial charge on any atom is -0.444 e. The van der Waals surface area contributed by atoms with Crippen molar-refractivity contribution in [1.82, 2.24) is 40.2 Å². The van der Waals surface area contributed by atoms with Crippen LogP contribution >= 0.6 is 0 Å². The molecule has 386 valence electrons. The number of alkyl carbamates (subject to hydrolysis) is 1. The number of carbonyl (C=O) groups is 7. The normalized spacial score (nSPS) is 23.8. The molecule has 1 saturated carbocycles. The fourth-order valence-corrected chi connectivity index (χ4v) is 11.3. The molecule has 3 saturated heterocycles. The zero-order valence-electron chi connectivity index (χ0n) is 41.4. The Hall–Kier alpha value is -6.09. The van der Waals surface area contributed by atoms with Crippen molar-refractivity contribution in [3.63, 3.8) is 0 Å². The van der Waals surface area contributed by atoms with E-state index in [1.165, 1.54) is 16.7 Å². The average Bonchev–Trinajstić information content (AvgIpc) is 3.83. The minimum atomic E-state index is -3.42. The number of rotatable bonds is 16. The Morgan fingerprint density at radius 3 is 2.24 bits per heavy atom. The highest BCUT2D eigenvalue weighted by Crippen LogP contribution is 2.35. The van der Waals surface area contributed by atoms with Gasteiger partial charge in [-0.1, -0.05) is 31.0 Å². The predicted molar refractivity (Wildman–Crippen MR) is 262 cm³/mol. The smallest absolute Gasteiger partial charge is 0.408 e. The summed E-state index contributed by atoms with van der Waals surface area (Å²) >= 11 is 0. The molecule has 1 unspecified atom stereocenters. The van der Waals surface area contributed by atoms with Gasteiger partial charge in [-0.05, 0) is 132 Å². The van der Waals surface area contributed by atoms with Crippen molar-refractivity contribution in [3.8, 4) is 0 Å². The first-order chi connectivity index (χ1) is 33.5. The molecule has 4 heterocycles.